The van der Waals surface area contributed by atoms with Crippen LogP contribution in [-0.4, -0.2) is 59.1 Å². The van der Waals surface area contributed by atoms with Gasteiger partial charge in [-0.1, -0.05) is 42.5 Å². The van der Waals surface area contributed by atoms with Crippen molar-refractivity contribution in [1.82, 2.24) is 20.0 Å². The van der Waals surface area contributed by atoms with E-state index in [1.165, 1.54) is 5.56 Å². The highest BCUT2D eigenvalue weighted by atomic mass is 16.1. The summed E-state index contributed by atoms with van der Waals surface area (Å²) in [6, 6.07) is 18.2. The molecule has 1 aliphatic heterocycles. The number of likely N-dealkylation sites (N-methyl/N-ethyl adjacent to an activating group) is 1. The molecule has 3 aromatic rings. The predicted molar refractivity (Wildman–Crippen MR) is 115 cm³/mol. The molecule has 0 spiro atoms. The zero-order valence-electron chi connectivity index (χ0n) is 16.8. The number of piperazine rings is 1. The van der Waals surface area contributed by atoms with Gasteiger partial charge in [0.25, 0.3) is 5.91 Å². The molecule has 1 amide bonds. The first-order valence-electron chi connectivity index (χ1n) is 10.0. The minimum atomic E-state index is -0.166. The maximum Gasteiger partial charge on any atom is 0.273 e. The predicted octanol–water partition coefficient (Wildman–Crippen LogP) is 3.00. The van der Waals surface area contributed by atoms with E-state index in [0.717, 1.165) is 49.5 Å². The average Bonchev–Trinajstić information content (AvgIpc) is 3.20. The summed E-state index contributed by atoms with van der Waals surface area (Å²) < 4.78 is 0. The van der Waals surface area contributed by atoms with Crippen LogP contribution in [0, 0.1) is 0 Å². The van der Waals surface area contributed by atoms with Gasteiger partial charge in [0, 0.05) is 50.4 Å². The monoisotopic (exact) mass is 389 g/mol. The van der Waals surface area contributed by atoms with Crippen LogP contribution in [0.5, 0.6) is 0 Å². The lowest BCUT2D eigenvalue weighted by Crippen LogP contribution is -2.43. The second-order valence-corrected chi connectivity index (χ2v) is 7.66. The smallest absolute Gasteiger partial charge is 0.273 e. The molecule has 0 aliphatic carbocycles. The van der Waals surface area contributed by atoms with Crippen molar-refractivity contribution in [3.8, 4) is 0 Å². The van der Waals surface area contributed by atoms with Crippen molar-refractivity contribution in [3.63, 3.8) is 0 Å². The number of hydrogen-bond acceptors (Lipinski definition) is 4. The van der Waals surface area contributed by atoms with Crippen molar-refractivity contribution in [3.05, 3.63) is 83.2 Å². The molecule has 6 nitrogen and oxygen atoms in total. The molecule has 0 unspecified atom stereocenters. The van der Waals surface area contributed by atoms with E-state index in [9.17, 15) is 4.79 Å². The standard InChI is InChI=1S/C23H27N5O/c1-27-11-13-28(14-12-27)17-19-7-9-21(10-8-19)25-23(29)22-20(16-24-26-22)15-18-5-3-2-4-6-18/h2-10,16H,11-15,17H2,1H3,(H,24,26)(H,25,29). The van der Waals surface area contributed by atoms with Crippen molar-refractivity contribution >= 4 is 11.6 Å². The number of hydrogen-bond donors (Lipinski definition) is 2. The van der Waals surface area contributed by atoms with Crippen LogP contribution in [0.2, 0.25) is 0 Å². The largest absolute Gasteiger partial charge is 0.321 e. The highest BCUT2D eigenvalue weighted by Crippen LogP contribution is 2.16. The Morgan fingerprint density at radius 3 is 2.45 bits per heavy atom. The summed E-state index contributed by atoms with van der Waals surface area (Å²) in [7, 11) is 2.17. The summed E-state index contributed by atoms with van der Waals surface area (Å²) in [5, 5.41) is 9.89. The SMILES string of the molecule is CN1CCN(Cc2ccc(NC(=O)c3[nH]ncc3Cc3ccccc3)cc2)CC1. The number of nitrogens with one attached hydrogen (secondary N) is 2. The van der Waals surface area contributed by atoms with Gasteiger partial charge in [0.05, 0.1) is 6.20 Å². The normalized spacial score (nSPS) is 15.3. The van der Waals surface area contributed by atoms with Crippen LogP contribution in [0.3, 0.4) is 0 Å². The third-order valence-corrected chi connectivity index (χ3v) is 5.40. The fourth-order valence-electron chi connectivity index (χ4n) is 3.61. The molecule has 1 aliphatic rings. The summed E-state index contributed by atoms with van der Waals surface area (Å²) in [5.41, 5.74) is 4.60. The maximum absolute atomic E-state index is 12.7. The minimum absolute atomic E-state index is 0.166. The molecule has 1 saturated heterocycles. The van der Waals surface area contributed by atoms with Gasteiger partial charge in [-0.25, -0.2) is 0 Å². The molecule has 29 heavy (non-hydrogen) atoms. The fourth-order valence-corrected chi connectivity index (χ4v) is 3.61. The maximum atomic E-state index is 12.7. The van der Waals surface area contributed by atoms with Crippen LogP contribution in [0.4, 0.5) is 5.69 Å². The van der Waals surface area contributed by atoms with E-state index in [1.807, 2.05) is 42.5 Å². The van der Waals surface area contributed by atoms with Crippen LogP contribution < -0.4 is 5.32 Å². The first-order chi connectivity index (χ1) is 14.2. The zero-order valence-corrected chi connectivity index (χ0v) is 16.8. The number of nitrogens with zero attached hydrogens (tertiary/aromatic N) is 3. The number of aromatic amines is 1. The number of anilines is 1. The van der Waals surface area contributed by atoms with Crippen molar-refractivity contribution in [1.29, 1.82) is 0 Å². The molecule has 2 N–H and O–H groups in total. The van der Waals surface area contributed by atoms with Crippen molar-refractivity contribution in [2.24, 2.45) is 0 Å². The molecule has 150 valence electrons. The Morgan fingerprint density at radius 1 is 1.00 bits per heavy atom. The molecular formula is C23H27N5O. The number of carbonyl (C=O) groups is 1. The lowest BCUT2D eigenvalue weighted by molar-refractivity contribution is 0.102. The topological polar surface area (TPSA) is 64.3 Å². The molecular weight excluding hydrogens is 362 g/mol. The molecule has 1 aromatic heterocycles. The zero-order chi connectivity index (χ0) is 20.1. The van der Waals surface area contributed by atoms with Gasteiger partial charge in [-0.05, 0) is 30.3 Å². The summed E-state index contributed by atoms with van der Waals surface area (Å²) in [4.78, 5) is 17.5. The summed E-state index contributed by atoms with van der Waals surface area (Å²) in [6.45, 7) is 5.37. The number of amides is 1. The van der Waals surface area contributed by atoms with Crippen LogP contribution in [0.15, 0.2) is 60.8 Å². The number of H-pyrrole nitrogens is 1. The van der Waals surface area contributed by atoms with Gasteiger partial charge in [0.15, 0.2) is 0 Å². The molecule has 1 fully saturated rings. The molecule has 0 radical (unpaired) electrons. The van der Waals surface area contributed by atoms with E-state index in [0.29, 0.717) is 12.1 Å². The highest BCUT2D eigenvalue weighted by molar-refractivity contribution is 6.03. The molecule has 2 heterocycles. The second-order valence-electron chi connectivity index (χ2n) is 7.66. The third kappa shape index (κ3) is 5.10. The molecule has 0 saturated carbocycles. The molecule has 0 bridgehead atoms. The summed E-state index contributed by atoms with van der Waals surface area (Å²) in [5.74, 6) is -0.166. The van der Waals surface area contributed by atoms with Crippen LogP contribution in [-0.2, 0) is 13.0 Å². The second kappa shape index (κ2) is 9.03. The molecule has 4 rings (SSSR count). The quantitative estimate of drug-likeness (QED) is 0.680. The van der Waals surface area contributed by atoms with Gasteiger partial charge >= 0.3 is 0 Å². The van der Waals surface area contributed by atoms with Crippen LogP contribution >= 0.6 is 0 Å². The number of carbonyl (C=O) groups excluding carboxylic acids is 1. The number of benzene rings is 2. The van der Waals surface area contributed by atoms with Gasteiger partial charge < -0.3 is 10.2 Å². The van der Waals surface area contributed by atoms with Gasteiger partial charge in [-0.2, -0.15) is 5.10 Å². The number of aromatic nitrogens is 2. The molecule has 6 heteroatoms. The van der Waals surface area contributed by atoms with E-state index in [4.69, 9.17) is 0 Å². The lowest BCUT2D eigenvalue weighted by Gasteiger charge is -2.32. The van der Waals surface area contributed by atoms with Crippen LogP contribution in [0.25, 0.3) is 0 Å². The van der Waals surface area contributed by atoms with Crippen LogP contribution in [0.1, 0.15) is 27.2 Å². The molecule has 2 aromatic carbocycles. The Bertz CT molecular complexity index is 927. The molecule has 0 atom stereocenters. The Kier molecular flexibility index (Phi) is 6.03. The third-order valence-electron chi connectivity index (χ3n) is 5.40. The minimum Gasteiger partial charge on any atom is -0.321 e. The Hall–Kier alpha value is -2.96. The average molecular weight is 390 g/mol. The van der Waals surface area contributed by atoms with E-state index in [-0.39, 0.29) is 5.91 Å². The van der Waals surface area contributed by atoms with Crippen molar-refractivity contribution in [2.75, 3.05) is 38.5 Å². The number of rotatable bonds is 6. The van der Waals surface area contributed by atoms with Crippen molar-refractivity contribution in [2.45, 2.75) is 13.0 Å². The summed E-state index contributed by atoms with van der Waals surface area (Å²) in [6.07, 6.45) is 2.39. The van der Waals surface area contributed by atoms with Gasteiger partial charge in [0.1, 0.15) is 5.69 Å². The fraction of sp³-hybridized carbons (Fsp3) is 0.304. The van der Waals surface area contributed by atoms with Crippen molar-refractivity contribution < 1.29 is 4.79 Å². The lowest BCUT2D eigenvalue weighted by atomic mass is 10.1. The first kappa shape index (κ1) is 19.4. The van der Waals surface area contributed by atoms with Gasteiger partial charge in [0.2, 0.25) is 0 Å². The van der Waals surface area contributed by atoms with E-state index >= 15 is 0 Å². The first-order valence-corrected chi connectivity index (χ1v) is 10.0. The Morgan fingerprint density at radius 2 is 1.72 bits per heavy atom. The Balaban J connectivity index is 1.36. The van der Waals surface area contributed by atoms with E-state index in [1.54, 1.807) is 6.20 Å². The van der Waals surface area contributed by atoms with E-state index < -0.39 is 0 Å². The van der Waals surface area contributed by atoms with Gasteiger partial charge in [-0.15, -0.1) is 0 Å². The Labute approximate surface area is 171 Å². The highest BCUT2D eigenvalue weighted by Gasteiger charge is 2.16. The summed E-state index contributed by atoms with van der Waals surface area (Å²) >= 11 is 0. The van der Waals surface area contributed by atoms with E-state index in [2.05, 4.69) is 44.5 Å². The van der Waals surface area contributed by atoms with Gasteiger partial charge in [-0.3, -0.25) is 14.8 Å².